The largest absolute Gasteiger partial charge is 0.504 e. The zero-order chi connectivity index (χ0) is 46.6. The van der Waals surface area contributed by atoms with Gasteiger partial charge in [-0.2, -0.15) is 0 Å². The third-order valence-electron chi connectivity index (χ3n) is 11.1. The van der Waals surface area contributed by atoms with E-state index in [1.54, 1.807) is 0 Å². The van der Waals surface area contributed by atoms with Crippen molar-refractivity contribution in [1.29, 1.82) is 0 Å². The molecule has 4 fully saturated rings. The quantitative estimate of drug-likeness (QED) is 0.0453. The van der Waals surface area contributed by atoms with Crippen LogP contribution in [0.1, 0.15) is 18.1 Å². The van der Waals surface area contributed by atoms with Crippen molar-refractivity contribution in [3.63, 3.8) is 0 Å². The van der Waals surface area contributed by atoms with E-state index >= 15 is 0 Å². The first-order valence-corrected chi connectivity index (χ1v) is 20.2. The Labute approximate surface area is 363 Å². The van der Waals surface area contributed by atoms with Crippen LogP contribution in [-0.2, 0) is 53.8 Å². The minimum atomic E-state index is -2.08. The van der Waals surface area contributed by atoms with Crippen LogP contribution in [0.3, 0.4) is 0 Å². The first-order chi connectivity index (χ1) is 30.4. The lowest BCUT2D eigenvalue weighted by atomic mass is 9.96. The summed E-state index contributed by atoms with van der Waals surface area (Å²) >= 11 is 0. The van der Waals surface area contributed by atoms with Crippen molar-refractivity contribution in [3.8, 4) is 23.0 Å². The van der Waals surface area contributed by atoms with E-state index in [0.717, 1.165) is 18.2 Å². The number of aliphatic hydroxyl groups excluding tert-OH is 10. The van der Waals surface area contributed by atoms with Gasteiger partial charge in [0, 0.05) is 6.08 Å². The van der Waals surface area contributed by atoms with Crippen molar-refractivity contribution in [2.24, 2.45) is 0 Å². The van der Waals surface area contributed by atoms with Crippen LogP contribution in [0.4, 0.5) is 0 Å². The number of ether oxygens (including phenoxy) is 9. The van der Waals surface area contributed by atoms with Gasteiger partial charge in [-0.05, 0) is 54.8 Å². The van der Waals surface area contributed by atoms with Gasteiger partial charge in [-0.3, -0.25) is 0 Å². The van der Waals surface area contributed by atoms with Crippen LogP contribution in [0.25, 0.3) is 6.08 Å². The molecule has 0 radical (unpaired) electrons. The number of benzene rings is 2. The van der Waals surface area contributed by atoms with E-state index in [1.807, 2.05) is 0 Å². The SMILES string of the molecule is CC1OC(OCC2OC(OCCc3ccc(O)c(O)c3)C(OC3OCC(O)C(O)C3O)C(OC3OC(CO)C(O)C(O)C3O)C2OC(=O)C=Cc2ccc(O)c(O)c2)C(O)C(O)C1O. The number of carbonyl (C=O) groups is 1. The fraction of sp³-hybridized carbons (Fsp3) is 0.625. The molecule has 4 saturated heterocycles. The van der Waals surface area contributed by atoms with Crippen LogP contribution in [0.2, 0.25) is 0 Å². The summed E-state index contributed by atoms with van der Waals surface area (Å²) in [5, 5.41) is 145. The summed E-state index contributed by atoms with van der Waals surface area (Å²) < 4.78 is 53.3. The lowest BCUT2D eigenvalue weighted by Crippen LogP contribution is -2.67. The maximum atomic E-state index is 13.7. The Morgan fingerprint density at radius 1 is 0.641 bits per heavy atom. The number of phenolic OH excluding ortho intramolecular Hbond substituents is 4. The third-order valence-corrected chi connectivity index (χ3v) is 11.1. The van der Waals surface area contributed by atoms with Crippen molar-refractivity contribution in [1.82, 2.24) is 0 Å². The van der Waals surface area contributed by atoms with Crippen LogP contribution in [-0.4, -0.2) is 221 Å². The Morgan fingerprint density at radius 3 is 1.95 bits per heavy atom. The van der Waals surface area contributed by atoms with E-state index in [9.17, 15) is 76.3 Å². The van der Waals surface area contributed by atoms with Crippen molar-refractivity contribution in [2.45, 2.75) is 130 Å². The molecule has 0 saturated carbocycles. The Morgan fingerprint density at radius 2 is 1.27 bits per heavy atom. The molecule has 4 aliphatic heterocycles. The number of carbonyl (C=O) groups excluding carboxylic acids is 1. The number of aliphatic hydroxyl groups is 10. The highest BCUT2D eigenvalue weighted by atomic mass is 16.8. The van der Waals surface area contributed by atoms with Gasteiger partial charge in [0.15, 0.2) is 54.3 Å². The smallest absolute Gasteiger partial charge is 0.331 e. The van der Waals surface area contributed by atoms with Crippen LogP contribution in [0.5, 0.6) is 23.0 Å². The molecular weight excluding hydrogens is 864 g/mol. The van der Waals surface area contributed by atoms with Crippen LogP contribution >= 0.6 is 0 Å². The predicted octanol–water partition coefficient (Wildman–Crippen LogP) is -4.73. The molecule has 4 aliphatic rings. The van der Waals surface area contributed by atoms with Gasteiger partial charge < -0.3 is 114 Å². The molecule has 19 unspecified atom stereocenters. The Kier molecular flexibility index (Phi) is 16.7. The predicted molar refractivity (Wildman–Crippen MR) is 206 cm³/mol. The van der Waals surface area contributed by atoms with E-state index in [1.165, 1.54) is 37.3 Å². The summed E-state index contributed by atoms with van der Waals surface area (Å²) in [7, 11) is 0. The highest BCUT2D eigenvalue weighted by Gasteiger charge is 2.56. The van der Waals surface area contributed by atoms with Gasteiger partial charge in [0.1, 0.15) is 79.4 Å². The van der Waals surface area contributed by atoms with Gasteiger partial charge in [0.25, 0.3) is 0 Å². The molecule has 14 N–H and O–H groups in total. The minimum absolute atomic E-state index is 0.0174. The zero-order valence-corrected chi connectivity index (χ0v) is 34.0. The van der Waals surface area contributed by atoms with Gasteiger partial charge in [0.2, 0.25) is 0 Å². The summed E-state index contributed by atoms with van der Waals surface area (Å²) in [5.41, 5.74) is 0.653. The molecule has 2 aromatic carbocycles. The highest BCUT2D eigenvalue weighted by Crippen LogP contribution is 2.36. The average molecular weight is 919 g/mol. The molecule has 2 aromatic rings. The lowest BCUT2D eigenvalue weighted by Gasteiger charge is -2.49. The van der Waals surface area contributed by atoms with Crippen molar-refractivity contribution in [3.05, 3.63) is 53.6 Å². The number of phenols is 4. The van der Waals surface area contributed by atoms with E-state index in [4.69, 9.17) is 42.6 Å². The fourth-order valence-electron chi connectivity index (χ4n) is 7.32. The molecule has 358 valence electrons. The summed E-state index contributed by atoms with van der Waals surface area (Å²) in [6.07, 6.45) is -31.3. The number of esters is 1. The van der Waals surface area contributed by atoms with Crippen molar-refractivity contribution in [2.75, 3.05) is 26.4 Å². The number of rotatable bonds is 15. The molecule has 24 nitrogen and oxygen atoms in total. The molecule has 64 heavy (non-hydrogen) atoms. The van der Waals surface area contributed by atoms with Gasteiger partial charge in [-0.1, -0.05) is 12.1 Å². The molecule has 0 aliphatic carbocycles. The lowest BCUT2D eigenvalue weighted by molar-refractivity contribution is -0.389. The monoisotopic (exact) mass is 918 g/mol. The molecule has 0 bridgehead atoms. The highest BCUT2D eigenvalue weighted by molar-refractivity contribution is 5.87. The molecule has 24 heteroatoms. The van der Waals surface area contributed by atoms with E-state index in [-0.39, 0.29) is 18.6 Å². The maximum Gasteiger partial charge on any atom is 0.331 e. The Bertz CT molecular complexity index is 1870. The number of hydrogen-bond acceptors (Lipinski definition) is 24. The summed E-state index contributed by atoms with van der Waals surface area (Å²) in [6, 6.07) is 7.56. The molecule has 0 aromatic heterocycles. The zero-order valence-electron chi connectivity index (χ0n) is 34.0. The van der Waals surface area contributed by atoms with Crippen LogP contribution in [0, 0.1) is 0 Å². The van der Waals surface area contributed by atoms with E-state index < -0.39 is 166 Å². The van der Waals surface area contributed by atoms with Gasteiger partial charge >= 0.3 is 5.97 Å². The first kappa shape index (κ1) is 49.6. The standard InChI is InChI=1S/C40H54O24/c1-15-26(48)29(51)32(54)37(59-15)58-14-24-34(62-25(47)7-4-16-2-5-18(42)20(44)10-16)35(63-39-33(55)30(52)28(50)23(12-41)60-39)36(64-38-31(53)27(49)22(46)13-57-38)40(61-24)56-9-8-17-3-6-19(43)21(45)11-17/h2-7,10-11,15,22-24,26-46,48-55H,8-9,12-14H2,1H3. The molecular formula is C40H54O24. The van der Waals surface area contributed by atoms with Crippen LogP contribution < -0.4 is 0 Å². The van der Waals surface area contributed by atoms with Crippen molar-refractivity contribution >= 4 is 12.0 Å². The first-order valence-electron chi connectivity index (χ1n) is 20.2. The summed E-state index contributed by atoms with van der Waals surface area (Å²) in [6.45, 7) is -1.09. The second-order valence-electron chi connectivity index (χ2n) is 15.6. The molecule has 0 spiro atoms. The fourth-order valence-corrected chi connectivity index (χ4v) is 7.32. The second-order valence-corrected chi connectivity index (χ2v) is 15.6. The molecule has 6 rings (SSSR count). The van der Waals surface area contributed by atoms with Gasteiger partial charge in [-0.15, -0.1) is 0 Å². The molecule has 19 atom stereocenters. The topological polar surface area (TPSA) is 383 Å². The maximum absolute atomic E-state index is 13.7. The molecule has 0 amide bonds. The normalized spacial score (nSPS) is 39.5. The molecule has 4 heterocycles. The number of aromatic hydroxyl groups is 4. The van der Waals surface area contributed by atoms with Gasteiger partial charge in [-0.25, -0.2) is 4.79 Å². The Balaban J connectivity index is 1.40. The summed E-state index contributed by atoms with van der Waals surface area (Å²) in [5.74, 6) is -2.96. The van der Waals surface area contributed by atoms with Gasteiger partial charge in [0.05, 0.1) is 32.5 Å². The average Bonchev–Trinajstić information content (AvgIpc) is 3.27. The minimum Gasteiger partial charge on any atom is -0.504 e. The van der Waals surface area contributed by atoms with Crippen molar-refractivity contribution < 1.29 is 119 Å². The third kappa shape index (κ3) is 11.4. The van der Waals surface area contributed by atoms with Crippen LogP contribution in [0.15, 0.2) is 42.5 Å². The summed E-state index contributed by atoms with van der Waals surface area (Å²) in [4.78, 5) is 13.7. The second kappa shape index (κ2) is 21.6. The number of hydrogen-bond donors (Lipinski definition) is 14. The van der Waals surface area contributed by atoms with E-state index in [2.05, 4.69) is 0 Å². The van der Waals surface area contributed by atoms with E-state index in [0.29, 0.717) is 5.56 Å². The Hall–Kier alpha value is -3.87.